The Balaban J connectivity index is 2.13. The molecule has 1 aliphatic heterocycles. The topological polar surface area (TPSA) is 67.6 Å². The van der Waals surface area contributed by atoms with Crippen LogP contribution in [0.3, 0.4) is 0 Å². The quantitative estimate of drug-likeness (QED) is 0.639. The molecular weight excluding hydrogens is 234 g/mol. The van der Waals surface area contributed by atoms with E-state index in [9.17, 15) is 10.1 Å². The molecule has 98 valence electrons. The van der Waals surface area contributed by atoms with E-state index in [1.807, 2.05) is 6.07 Å². The van der Waals surface area contributed by atoms with Gasteiger partial charge in [0.2, 0.25) is 0 Å². The van der Waals surface area contributed by atoms with Crippen molar-refractivity contribution >= 4 is 5.69 Å². The van der Waals surface area contributed by atoms with Gasteiger partial charge in [-0.1, -0.05) is 6.07 Å². The van der Waals surface area contributed by atoms with Crippen LogP contribution in [0.25, 0.3) is 0 Å². The first-order chi connectivity index (χ1) is 8.70. The molecule has 0 spiro atoms. The first kappa shape index (κ1) is 12.8. The van der Waals surface area contributed by atoms with E-state index in [-0.39, 0.29) is 5.69 Å². The number of nitro groups is 1. The van der Waals surface area contributed by atoms with E-state index in [0.29, 0.717) is 5.75 Å². The molecule has 6 nitrogen and oxygen atoms in total. The van der Waals surface area contributed by atoms with E-state index in [4.69, 9.17) is 4.74 Å². The van der Waals surface area contributed by atoms with Crippen LogP contribution in [0, 0.1) is 10.1 Å². The van der Waals surface area contributed by atoms with Gasteiger partial charge in [-0.25, -0.2) is 0 Å². The maximum absolute atomic E-state index is 10.9. The van der Waals surface area contributed by atoms with E-state index < -0.39 is 4.92 Å². The molecule has 18 heavy (non-hydrogen) atoms. The number of nitrogens with zero attached hydrogens (tertiary/aromatic N) is 2. The van der Waals surface area contributed by atoms with Gasteiger partial charge in [-0.3, -0.25) is 15.0 Å². The second kappa shape index (κ2) is 5.79. The fourth-order valence-electron chi connectivity index (χ4n) is 2.10. The van der Waals surface area contributed by atoms with Crippen molar-refractivity contribution in [3.63, 3.8) is 0 Å². The van der Waals surface area contributed by atoms with Gasteiger partial charge >= 0.3 is 5.69 Å². The van der Waals surface area contributed by atoms with Crippen LogP contribution in [0.4, 0.5) is 5.69 Å². The van der Waals surface area contributed by atoms with Crippen LogP contribution < -0.4 is 10.1 Å². The zero-order valence-corrected chi connectivity index (χ0v) is 10.4. The van der Waals surface area contributed by atoms with Gasteiger partial charge in [0.15, 0.2) is 5.75 Å². The summed E-state index contributed by atoms with van der Waals surface area (Å²) in [5, 5.41) is 14.2. The van der Waals surface area contributed by atoms with Crippen molar-refractivity contribution in [2.24, 2.45) is 0 Å². The molecule has 0 saturated carbocycles. The van der Waals surface area contributed by atoms with Crippen molar-refractivity contribution in [3.05, 3.63) is 33.9 Å². The Kier molecular flexibility index (Phi) is 4.11. The number of nitro benzene ring substituents is 1. The minimum atomic E-state index is -0.403. The summed E-state index contributed by atoms with van der Waals surface area (Å²) in [6, 6.07) is 5.14. The molecule has 1 fully saturated rings. The van der Waals surface area contributed by atoms with Crippen molar-refractivity contribution in [1.82, 2.24) is 10.2 Å². The SMILES string of the molecule is COc1ccc(CN2CCNCC2)cc1[N+](=O)[O-]. The second-order valence-corrected chi connectivity index (χ2v) is 4.29. The summed E-state index contributed by atoms with van der Waals surface area (Å²) in [5.41, 5.74) is 0.981. The van der Waals surface area contributed by atoms with Gasteiger partial charge in [0.05, 0.1) is 12.0 Å². The lowest BCUT2D eigenvalue weighted by Crippen LogP contribution is -2.42. The maximum Gasteiger partial charge on any atom is 0.311 e. The zero-order chi connectivity index (χ0) is 13.0. The Morgan fingerprint density at radius 2 is 2.17 bits per heavy atom. The van der Waals surface area contributed by atoms with Crippen LogP contribution in [0.1, 0.15) is 5.56 Å². The van der Waals surface area contributed by atoms with Crippen molar-refractivity contribution in [2.45, 2.75) is 6.54 Å². The molecule has 1 aromatic carbocycles. The first-order valence-electron chi connectivity index (χ1n) is 5.95. The van der Waals surface area contributed by atoms with Crippen LogP contribution in [-0.4, -0.2) is 43.1 Å². The fourth-order valence-corrected chi connectivity index (χ4v) is 2.10. The number of benzene rings is 1. The molecule has 0 atom stereocenters. The molecule has 2 rings (SSSR count). The maximum atomic E-state index is 10.9. The normalized spacial score (nSPS) is 16.5. The summed E-state index contributed by atoms with van der Waals surface area (Å²) in [5.74, 6) is 0.309. The summed E-state index contributed by atoms with van der Waals surface area (Å²) >= 11 is 0. The zero-order valence-electron chi connectivity index (χ0n) is 10.4. The van der Waals surface area contributed by atoms with Crippen molar-refractivity contribution < 1.29 is 9.66 Å². The standard InChI is InChI=1S/C12H17N3O3/c1-18-12-3-2-10(8-11(12)15(16)17)9-14-6-4-13-5-7-14/h2-3,8,13H,4-7,9H2,1H3. The summed E-state index contributed by atoms with van der Waals surface area (Å²) in [6.45, 7) is 4.63. The molecule has 1 N–H and O–H groups in total. The van der Waals surface area contributed by atoms with Gasteiger partial charge in [0.1, 0.15) is 0 Å². The number of ether oxygens (including phenoxy) is 1. The van der Waals surface area contributed by atoms with Crippen LogP contribution in [-0.2, 0) is 6.54 Å². The molecule has 1 saturated heterocycles. The van der Waals surface area contributed by atoms with Crippen LogP contribution in [0.15, 0.2) is 18.2 Å². The third-order valence-corrected chi connectivity index (χ3v) is 3.06. The van der Waals surface area contributed by atoms with E-state index in [1.165, 1.54) is 7.11 Å². The molecule has 0 bridgehead atoms. The smallest absolute Gasteiger partial charge is 0.311 e. The lowest BCUT2D eigenvalue weighted by molar-refractivity contribution is -0.385. The van der Waals surface area contributed by atoms with Crippen molar-refractivity contribution in [2.75, 3.05) is 33.3 Å². The van der Waals surface area contributed by atoms with E-state index in [0.717, 1.165) is 38.3 Å². The predicted molar refractivity (Wildman–Crippen MR) is 67.8 cm³/mol. The molecule has 1 heterocycles. The van der Waals surface area contributed by atoms with Gasteiger partial charge < -0.3 is 10.1 Å². The molecule has 0 aromatic heterocycles. The lowest BCUT2D eigenvalue weighted by atomic mass is 10.1. The highest BCUT2D eigenvalue weighted by molar-refractivity contribution is 5.48. The van der Waals surface area contributed by atoms with E-state index in [2.05, 4.69) is 10.2 Å². The monoisotopic (exact) mass is 251 g/mol. The number of hydrogen-bond acceptors (Lipinski definition) is 5. The molecule has 0 unspecified atom stereocenters. The molecule has 0 amide bonds. The average molecular weight is 251 g/mol. The van der Waals surface area contributed by atoms with E-state index in [1.54, 1.807) is 12.1 Å². The third-order valence-electron chi connectivity index (χ3n) is 3.06. The van der Waals surface area contributed by atoms with Crippen LogP contribution in [0.2, 0.25) is 0 Å². The Morgan fingerprint density at radius 1 is 1.44 bits per heavy atom. The van der Waals surface area contributed by atoms with Gasteiger partial charge in [0.25, 0.3) is 0 Å². The van der Waals surface area contributed by atoms with Crippen LogP contribution >= 0.6 is 0 Å². The number of hydrogen-bond donors (Lipinski definition) is 1. The summed E-state index contributed by atoms with van der Waals surface area (Å²) in [7, 11) is 1.44. The Morgan fingerprint density at radius 3 is 2.78 bits per heavy atom. The van der Waals surface area contributed by atoms with Gasteiger partial charge in [0, 0.05) is 38.8 Å². The van der Waals surface area contributed by atoms with E-state index >= 15 is 0 Å². The van der Waals surface area contributed by atoms with Crippen molar-refractivity contribution in [3.8, 4) is 5.75 Å². The largest absolute Gasteiger partial charge is 0.490 e. The minimum absolute atomic E-state index is 0.0325. The Labute approximate surface area is 106 Å². The molecular formula is C12H17N3O3. The van der Waals surface area contributed by atoms with Gasteiger partial charge in [-0.05, 0) is 11.6 Å². The van der Waals surface area contributed by atoms with Gasteiger partial charge in [-0.2, -0.15) is 0 Å². The van der Waals surface area contributed by atoms with Crippen molar-refractivity contribution in [1.29, 1.82) is 0 Å². The Bertz CT molecular complexity index is 431. The summed E-state index contributed by atoms with van der Waals surface area (Å²) in [6.07, 6.45) is 0. The fraction of sp³-hybridized carbons (Fsp3) is 0.500. The molecule has 0 aliphatic carbocycles. The number of piperazine rings is 1. The number of nitrogens with one attached hydrogen (secondary N) is 1. The van der Waals surface area contributed by atoms with Gasteiger partial charge in [-0.15, -0.1) is 0 Å². The molecule has 6 heteroatoms. The summed E-state index contributed by atoms with van der Waals surface area (Å²) < 4.78 is 4.99. The average Bonchev–Trinajstić information content (AvgIpc) is 2.40. The number of methoxy groups -OCH3 is 1. The summed E-state index contributed by atoms with van der Waals surface area (Å²) in [4.78, 5) is 12.8. The highest BCUT2D eigenvalue weighted by Gasteiger charge is 2.17. The number of rotatable bonds is 4. The van der Waals surface area contributed by atoms with Crippen LogP contribution in [0.5, 0.6) is 5.75 Å². The third kappa shape index (κ3) is 2.96. The first-order valence-corrected chi connectivity index (χ1v) is 5.95. The molecule has 1 aromatic rings. The Hall–Kier alpha value is -1.66. The highest BCUT2D eigenvalue weighted by Crippen LogP contribution is 2.27. The minimum Gasteiger partial charge on any atom is -0.490 e. The predicted octanol–water partition coefficient (Wildman–Crippen LogP) is 1.01. The highest BCUT2D eigenvalue weighted by atomic mass is 16.6. The molecule has 0 radical (unpaired) electrons. The lowest BCUT2D eigenvalue weighted by Gasteiger charge is -2.27. The molecule has 1 aliphatic rings. The second-order valence-electron chi connectivity index (χ2n) is 4.29.